The van der Waals surface area contributed by atoms with E-state index in [0.29, 0.717) is 0 Å². The summed E-state index contributed by atoms with van der Waals surface area (Å²) in [5.41, 5.74) is 18.8. The molecule has 13 rings (SSSR count). The Kier molecular flexibility index (Phi) is 10.2. The van der Waals surface area contributed by atoms with Gasteiger partial charge in [-0.3, -0.25) is 0 Å². The van der Waals surface area contributed by atoms with Gasteiger partial charge in [0.25, 0.3) is 0 Å². The number of fused-ring (bicyclic) bond motifs is 5. The zero-order chi connectivity index (χ0) is 46.4. The van der Waals surface area contributed by atoms with E-state index in [9.17, 15) is 0 Å². The van der Waals surface area contributed by atoms with Gasteiger partial charge in [-0.05, 0) is 150 Å². The quantitative estimate of drug-likeness (QED) is 0.140. The Labute approximate surface area is 408 Å². The first-order valence-corrected chi connectivity index (χ1v) is 24.1. The normalized spacial score (nSPS) is 11.4. The van der Waals surface area contributed by atoms with Crippen molar-refractivity contribution in [3.8, 4) is 61.3 Å². The Hall–Kier alpha value is -9.24. The van der Waals surface area contributed by atoms with Crippen LogP contribution in [0.25, 0.3) is 105 Å². The number of anilines is 3. The highest BCUT2D eigenvalue weighted by molar-refractivity contribution is 6.10. The summed E-state index contributed by atoms with van der Waals surface area (Å²) in [4.78, 5) is 2.36. The van der Waals surface area contributed by atoms with Gasteiger partial charge in [0.05, 0.1) is 11.0 Å². The van der Waals surface area contributed by atoms with Crippen molar-refractivity contribution in [2.75, 3.05) is 4.90 Å². The predicted octanol–water partition coefficient (Wildman–Crippen LogP) is 18.9. The number of aromatic nitrogens is 1. The van der Waals surface area contributed by atoms with Crippen LogP contribution in [-0.2, 0) is 0 Å². The van der Waals surface area contributed by atoms with Crippen molar-refractivity contribution < 1.29 is 0 Å². The standard InChI is InChI=1S/C68H46N2/c1-2-11-47(12-3-1)50-29-42-62(43-30-50)70-67-20-9-8-18-65(67)66-46-58(35-44-68(66)70)53-33-40-61(41-34-53)69(60-38-31-52(32-39-60)57-26-23-48-13-4-5-15-56(48)45-57)59-36-27-51(28-37-59)49-21-24-55(25-22-49)64-19-10-16-54-14-6-7-17-63(54)64/h1-46H. The number of nitrogens with zero attached hydrogens (tertiary/aromatic N) is 2. The average Bonchev–Trinajstić information content (AvgIpc) is 3.77. The molecule has 0 atom stereocenters. The van der Waals surface area contributed by atoms with E-state index in [2.05, 4.69) is 289 Å². The monoisotopic (exact) mass is 890 g/mol. The highest BCUT2D eigenvalue weighted by Gasteiger charge is 2.17. The van der Waals surface area contributed by atoms with E-state index in [-0.39, 0.29) is 0 Å². The second-order valence-electron chi connectivity index (χ2n) is 18.1. The molecule has 0 fully saturated rings. The van der Waals surface area contributed by atoms with Crippen molar-refractivity contribution in [1.82, 2.24) is 4.57 Å². The maximum absolute atomic E-state index is 2.39. The molecule has 0 N–H and O–H groups in total. The minimum atomic E-state index is 1.09. The molecule has 0 bridgehead atoms. The van der Waals surface area contributed by atoms with Gasteiger partial charge in [0.2, 0.25) is 0 Å². The van der Waals surface area contributed by atoms with E-state index in [4.69, 9.17) is 0 Å². The van der Waals surface area contributed by atoms with E-state index in [0.717, 1.165) is 22.7 Å². The summed E-state index contributed by atoms with van der Waals surface area (Å²) in [7, 11) is 0. The number of para-hydroxylation sites is 1. The molecule has 1 heterocycles. The molecule has 13 aromatic rings. The lowest BCUT2D eigenvalue weighted by molar-refractivity contribution is 1.18. The number of hydrogen-bond acceptors (Lipinski definition) is 1. The summed E-state index contributed by atoms with van der Waals surface area (Å²) in [6.07, 6.45) is 0. The molecule has 0 amide bonds. The molecule has 12 aromatic carbocycles. The molecule has 0 radical (unpaired) electrons. The van der Waals surface area contributed by atoms with E-state index >= 15 is 0 Å². The smallest absolute Gasteiger partial charge is 0.0541 e. The number of rotatable bonds is 9. The van der Waals surface area contributed by atoms with E-state index < -0.39 is 0 Å². The van der Waals surface area contributed by atoms with Crippen LogP contribution in [0.5, 0.6) is 0 Å². The maximum atomic E-state index is 2.39. The molecular weight excluding hydrogens is 845 g/mol. The molecule has 0 saturated carbocycles. The van der Waals surface area contributed by atoms with E-state index in [1.807, 2.05) is 0 Å². The highest BCUT2D eigenvalue weighted by Crippen LogP contribution is 2.40. The third-order valence-electron chi connectivity index (χ3n) is 14.0. The summed E-state index contributed by atoms with van der Waals surface area (Å²) >= 11 is 0. The molecule has 0 spiro atoms. The van der Waals surface area contributed by atoms with Gasteiger partial charge in [0, 0.05) is 33.5 Å². The fourth-order valence-electron chi connectivity index (χ4n) is 10.4. The third-order valence-corrected chi connectivity index (χ3v) is 14.0. The molecule has 2 nitrogen and oxygen atoms in total. The summed E-state index contributed by atoms with van der Waals surface area (Å²) in [6.45, 7) is 0. The molecule has 328 valence electrons. The van der Waals surface area contributed by atoms with Crippen molar-refractivity contribution >= 4 is 60.4 Å². The molecule has 70 heavy (non-hydrogen) atoms. The van der Waals surface area contributed by atoms with Gasteiger partial charge in [0.1, 0.15) is 0 Å². The van der Waals surface area contributed by atoms with Gasteiger partial charge in [-0.25, -0.2) is 0 Å². The lowest BCUT2D eigenvalue weighted by Gasteiger charge is -2.26. The van der Waals surface area contributed by atoms with Crippen LogP contribution in [0, 0.1) is 0 Å². The Morgan fingerprint density at radius 2 is 0.657 bits per heavy atom. The number of benzene rings is 12. The van der Waals surface area contributed by atoms with Crippen molar-refractivity contribution in [3.05, 3.63) is 279 Å². The van der Waals surface area contributed by atoms with Gasteiger partial charge >= 0.3 is 0 Å². The SMILES string of the molecule is c1ccc(-c2ccc(-n3c4ccccc4c4cc(-c5ccc(N(c6ccc(-c7ccc(-c8cccc9ccccc89)cc7)cc6)c6ccc(-c7ccc8ccccc8c7)cc6)cc5)ccc43)cc2)cc1. The fourth-order valence-corrected chi connectivity index (χ4v) is 10.4. The summed E-state index contributed by atoms with van der Waals surface area (Å²) in [5.74, 6) is 0. The maximum Gasteiger partial charge on any atom is 0.0541 e. The number of hydrogen-bond donors (Lipinski definition) is 0. The second kappa shape index (κ2) is 17.4. The summed E-state index contributed by atoms with van der Waals surface area (Å²) < 4.78 is 2.39. The Bertz CT molecular complexity index is 3990. The Balaban J connectivity index is 0.838. The zero-order valence-electron chi connectivity index (χ0n) is 38.5. The lowest BCUT2D eigenvalue weighted by Crippen LogP contribution is -2.09. The van der Waals surface area contributed by atoms with Crippen LogP contribution in [-0.4, -0.2) is 4.57 Å². The van der Waals surface area contributed by atoms with Gasteiger partial charge in [-0.2, -0.15) is 0 Å². The van der Waals surface area contributed by atoms with Gasteiger partial charge in [0.15, 0.2) is 0 Å². The molecular formula is C68H46N2. The van der Waals surface area contributed by atoms with Gasteiger partial charge in [-0.1, -0.05) is 206 Å². The van der Waals surface area contributed by atoms with Crippen molar-refractivity contribution in [2.24, 2.45) is 0 Å². The molecule has 0 aliphatic carbocycles. The zero-order valence-corrected chi connectivity index (χ0v) is 38.5. The van der Waals surface area contributed by atoms with Crippen LogP contribution in [0.3, 0.4) is 0 Å². The first kappa shape index (κ1) is 41.0. The molecule has 0 aliphatic heterocycles. The second-order valence-corrected chi connectivity index (χ2v) is 18.1. The van der Waals surface area contributed by atoms with Crippen LogP contribution >= 0.6 is 0 Å². The van der Waals surface area contributed by atoms with E-state index in [1.165, 1.54) is 99.0 Å². The lowest BCUT2D eigenvalue weighted by atomic mass is 9.96. The topological polar surface area (TPSA) is 8.17 Å². The van der Waals surface area contributed by atoms with Crippen LogP contribution in [0.4, 0.5) is 17.1 Å². The van der Waals surface area contributed by atoms with Crippen molar-refractivity contribution in [1.29, 1.82) is 0 Å². The first-order valence-electron chi connectivity index (χ1n) is 24.1. The summed E-state index contributed by atoms with van der Waals surface area (Å²) in [6, 6.07) is 102. The molecule has 0 unspecified atom stereocenters. The molecule has 0 aliphatic rings. The third kappa shape index (κ3) is 7.49. The molecule has 2 heteroatoms. The Morgan fingerprint density at radius 1 is 0.229 bits per heavy atom. The van der Waals surface area contributed by atoms with Crippen molar-refractivity contribution in [2.45, 2.75) is 0 Å². The Morgan fingerprint density at radius 3 is 1.31 bits per heavy atom. The van der Waals surface area contributed by atoms with Crippen LogP contribution in [0.1, 0.15) is 0 Å². The van der Waals surface area contributed by atoms with Crippen LogP contribution in [0.2, 0.25) is 0 Å². The molecule has 1 aromatic heterocycles. The average molecular weight is 891 g/mol. The van der Waals surface area contributed by atoms with E-state index in [1.54, 1.807) is 0 Å². The minimum Gasteiger partial charge on any atom is -0.311 e. The first-order chi connectivity index (χ1) is 34.7. The van der Waals surface area contributed by atoms with Crippen LogP contribution < -0.4 is 4.90 Å². The minimum absolute atomic E-state index is 1.09. The van der Waals surface area contributed by atoms with Crippen LogP contribution in [0.15, 0.2) is 279 Å². The fraction of sp³-hybridized carbons (Fsp3) is 0. The highest BCUT2D eigenvalue weighted by atomic mass is 15.1. The van der Waals surface area contributed by atoms with Gasteiger partial charge < -0.3 is 9.47 Å². The molecule has 0 saturated heterocycles. The predicted molar refractivity (Wildman–Crippen MR) is 298 cm³/mol. The van der Waals surface area contributed by atoms with Gasteiger partial charge in [-0.15, -0.1) is 0 Å². The van der Waals surface area contributed by atoms with Crippen molar-refractivity contribution in [3.63, 3.8) is 0 Å². The summed E-state index contributed by atoms with van der Waals surface area (Å²) in [5, 5.41) is 7.50. The largest absolute Gasteiger partial charge is 0.311 e.